The van der Waals surface area contributed by atoms with E-state index in [-0.39, 0.29) is 12.5 Å². The molecule has 9 heteroatoms. The van der Waals surface area contributed by atoms with Crippen LogP contribution in [0.25, 0.3) is 0 Å². The largest absolute Gasteiger partial charge is 0.394 e. The lowest BCUT2D eigenvalue weighted by Gasteiger charge is -2.40. The van der Waals surface area contributed by atoms with Gasteiger partial charge in [-0.25, -0.2) is 0 Å². The molecule has 6 N–H and O–H groups in total. The SMILES string of the molecule is CCCCCCCCCCCCCCCCCCCCCCCCC/C=C/CC/C=C/CC/C=C/C(O)C(COC1OC(CO)C(O)C(O)C1O)NC(=O)CCCCCCCC. The molecule has 1 fully saturated rings. The van der Waals surface area contributed by atoms with E-state index in [0.29, 0.717) is 6.42 Å². The van der Waals surface area contributed by atoms with Crippen LogP contribution < -0.4 is 5.32 Å². The average molecular weight is 878 g/mol. The van der Waals surface area contributed by atoms with Gasteiger partial charge in [-0.3, -0.25) is 4.79 Å². The Balaban J connectivity index is 2.11. The first kappa shape index (κ1) is 58.4. The maximum Gasteiger partial charge on any atom is 0.220 e. The highest BCUT2D eigenvalue weighted by atomic mass is 16.7. The van der Waals surface area contributed by atoms with Crippen LogP contribution in [-0.4, -0.2) is 87.5 Å². The van der Waals surface area contributed by atoms with Gasteiger partial charge in [-0.15, -0.1) is 0 Å². The second-order valence-electron chi connectivity index (χ2n) is 18.3. The van der Waals surface area contributed by atoms with E-state index < -0.39 is 49.5 Å². The summed E-state index contributed by atoms with van der Waals surface area (Å²) in [5.74, 6) is -0.200. The van der Waals surface area contributed by atoms with Gasteiger partial charge in [0.1, 0.15) is 24.4 Å². The van der Waals surface area contributed by atoms with E-state index in [9.17, 15) is 30.3 Å². The number of carbonyl (C=O) groups excluding carboxylic acids is 1. The molecule has 62 heavy (non-hydrogen) atoms. The summed E-state index contributed by atoms with van der Waals surface area (Å²) in [6.45, 7) is 3.69. The van der Waals surface area contributed by atoms with Crippen molar-refractivity contribution in [3.05, 3.63) is 36.5 Å². The van der Waals surface area contributed by atoms with Crippen LogP contribution in [0.3, 0.4) is 0 Å². The molecule has 0 radical (unpaired) electrons. The fourth-order valence-electron chi connectivity index (χ4n) is 8.25. The number of aliphatic hydroxyl groups is 5. The smallest absolute Gasteiger partial charge is 0.220 e. The molecule has 0 saturated carbocycles. The van der Waals surface area contributed by atoms with Crippen molar-refractivity contribution >= 4 is 5.91 Å². The molecule has 9 nitrogen and oxygen atoms in total. The van der Waals surface area contributed by atoms with Gasteiger partial charge in [-0.2, -0.15) is 0 Å². The van der Waals surface area contributed by atoms with Crippen LogP contribution in [0, 0.1) is 0 Å². The number of amides is 1. The standard InChI is InChI=1S/C53H99NO8/c1-3-5-7-9-11-12-13-14-15-16-17-18-19-20-21-22-23-24-25-26-27-28-29-30-31-32-33-34-35-36-37-38-40-42-47(56)46(54-49(57)43-41-39-10-8-6-4-2)45-61-53-52(60)51(59)50(58)48(44-55)62-53/h31-32,35-36,40,42,46-48,50-53,55-56,58-60H,3-30,33-34,37-39,41,43-45H2,1-2H3,(H,54,57)/b32-31+,36-35+,42-40+. The Morgan fingerprint density at radius 3 is 1.35 bits per heavy atom. The number of rotatable bonds is 44. The number of aliphatic hydroxyl groups excluding tert-OH is 5. The molecule has 1 aliphatic rings. The Kier molecular flexibility index (Phi) is 40.8. The lowest BCUT2D eigenvalue weighted by Crippen LogP contribution is -2.60. The number of unbranched alkanes of at least 4 members (excludes halogenated alkanes) is 30. The molecule has 1 heterocycles. The van der Waals surface area contributed by atoms with Crippen LogP contribution in [0.15, 0.2) is 36.5 Å². The first-order valence-electron chi connectivity index (χ1n) is 26.2. The first-order valence-corrected chi connectivity index (χ1v) is 26.2. The van der Waals surface area contributed by atoms with Gasteiger partial charge < -0.3 is 40.3 Å². The first-order chi connectivity index (χ1) is 30.3. The van der Waals surface area contributed by atoms with Crippen molar-refractivity contribution < 1.29 is 39.8 Å². The summed E-state index contributed by atoms with van der Waals surface area (Å²) in [4.78, 5) is 12.8. The van der Waals surface area contributed by atoms with Crippen LogP contribution in [-0.2, 0) is 14.3 Å². The molecule has 0 aliphatic carbocycles. The third kappa shape index (κ3) is 33.0. The fourth-order valence-corrected chi connectivity index (χ4v) is 8.25. The quantitative estimate of drug-likeness (QED) is 0.0262. The zero-order valence-electron chi connectivity index (χ0n) is 40.1. The van der Waals surface area contributed by atoms with E-state index in [4.69, 9.17) is 9.47 Å². The Bertz CT molecular complexity index is 1070. The summed E-state index contributed by atoms with van der Waals surface area (Å²) < 4.78 is 11.1. The summed E-state index contributed by atoms with van der Waals surface area (Å²) in [6, 6.07) is -0.822. The Morgan fingerprint density at radius 2 is 0.919 bits per heavy atom. The molecule has 0 aromatic carbocycles. The maximum atomic E-state index is 12.8. The van der Waals surface area contributed by atoms with Crippen molar-refractivity contribution in [1.82, 2.24) is 5.32 Å². The van der Waals surface area contributed by atoms with Gasteiger partial charge in [0.05, 0.1) is 25.4 Å². The van der Waals surface area contributed by atoms with Crippen molar-refractivity contribution in [3.8, 4) is 0 Å². The van der Waals surface area contributed by atoms with E-state index in [1.54, 1.807) is 6.08 Å². The maximum absolute atomic E-state index is 12.8. The minimum atomic E-state index is -1.57. The lowest BCUT2D eigenvalue weighted by molar-refractivity contribution is -0.302. The van der Waals surface area contributed by atoms with Crippen LogP contribution in [0.4, 0.5) is 0 Å². The predicted molar refractivity (Wildman–Crippen MR) is 258 cm³/mol. The van der Waals surface area contributed by atoms with Crippen LogP contribution in [0.5, 0.6) is 0 Å². The van der Waals surface area contributed by atoms with Gasteiger partial charge in [0, 0.05) is 6.42 Å². The molecular weight excluding hydrogens is 779 g/mol. The Hall–Kier alpha value is -1.59. The van der Waals surface area contributed by atoms with E-state index in [2.05, 4.69) is 43.5 Å². The van der Waals surface area contributed by atoms with Crippen LogP contribution >= 0.6 is 0 Å². The van der Waals surface area contributed by atoms with E-state index >= 15 is 0 Å². The highest BCUT2D eigenvalue weighted by Crippen LogP contribution is 2.23. The number of allylic oxidation sites excluding steroid dienone is 5. The number of ether oxygens (including phenoxy) is 2. The minimum absolute atomic E-state index is 0.200. The minimum Gasteiger partial charge on any atom is -0.394 e. The van der Waals surface area contributed by atoms with Gasteiger partial charge in [-0.1, -0.05) is 224 Å². The molecule has 0 spiro atoms. The van der Waals surface area contributed by atoms with Crippen molar-refractivity contribution in [3.63, 3.8) is 0 Å². The molecule has 1 rings (SSSR count). The number of carbonyl (C=O) groups is 1. The van der Waals surface area contributed by atoms with Crippen molar-refractivity contribution in [2.24, 2.45) is 0 Å². The van der Waals surface area contributed by atoms with Gasteiger partial charge in [-0.05, 0) is 44.9 Å². The van der Waals surface area contributed by atoms with Crippen molar-refractivity contribution in [1.29, 1.82) is 0 Å². The van der Waals surface area contributed by atoms with E-state index in [1.807, 2.05) is 6.08 Å². The molecule has 1 aliphatic heterocycles. The zero-order chi connectivity index (χ0) is 45.1. The lowest BCUT2D eigenvalue weighted by atomic mass is 9.99. The molecule has 364 valence electrons. The highest BCUT2D eigenvalue weighted by molar-refractivity contribution is 5.76. The topological polar surface area (TPSA) is 149 Å². The third-order valence-corrected chi connectivity index (χ3v) is 12.4. The summed E-state index contributed by atoms with van der Waals surface area (Å²) in [7, 11) is 0. The number of hydrogen-bond donors (Lipinski definition) is 6. The normalized spacial score (nSPS) is 20.5. The van der Waals surface area contributed by atoms with Crippen molar-refractivity contribution in [2.45, 2.75) is 281 Å². The molecule has 7 atom stereocenters. The molecular formula is C53H99NO8. The van der Waals surface area contributed by atoms with Crippen LogP contribution in [0.2, 0.25) is 0 Å². The Labute approximate surface area is 381 Å². The predicted octanol–water partition coefficient (Wildman–Crippen LogP) is 12.0. The number of nitrogens with one attached hydrogen (secondary N) is 1. The summed E-state index contributed by atoms with van der Waals surface area (Å²) >= 11 is 0. The van der Waals surface area contributed by atoms with Crippen molar-refractivity contribution in [2.75, 3.05) is 13.2 Å². The molecule has 0 aromatic heterocycles. The van der Waals surface area contributed by atoms with Gasteiger partial charge in [0.15, 0.2) is 6.29 Å². The fraction of sp³-hybridized carbons (Fsp3) is 0.868. The average Bonchev–Trinajstić information content (AvgIpc) is 3.27. The molecule has 0 aromatic rings. The highest BCUT2D eigenvalue weighted by Gasteiger charge is 2.44. The Morgan fingerprint density at radius 1 is 0.532 bits per heavy atom. The molecule has 1 amide bonds. The van der Waals surface area contributed by atoms with Gasteiger partial charge in [0.2, 0.25) is 5.91 Å². The van der Waals surface area contributed by atoms with Gasteiger partial charge in [0.25, 0.3) is 0 Å². The van der Waals surface area contributed by atoms with E-state index in [0.717, 1.165) is 57.8 Å². The molecule has 0 bridgehead atoms. The van der Waals surface area contributed by atoms with Gasteiger partial charge >= 0.3 is 0 Å². The summed E-state index contributed by atoms with van der Waals surface area (Å²) in [6.07, 6.45) is 48.5. The molecule has 7 unspecified atom stereocenters. The second-order valence-corrected chi connectivity index (χ2v) is 18.3. The summed E-state index contributed by atoms with van der Waals surface area (Å²) in [5, 5.41) is 53.9. The van der Waals surface area contributed by atoms with E-state index in [1.165, 1.54) is 161 Å². The zero-order valence-corrected chi connectivity index (χ0v) is 40.1. The summed E-state index contributed by atoms with van der Waals surface area (Å²) in [5.41, 5.74) is 0. The third-order valence-electron chi connectivity index (χ3n) is 12.4. The van der Waals surface area contributed by atoms with Crippen LogP contribution in [0.1, 0.15) is 239 Å². The monoisotopic (exact) mass is 878 g/mol. The number of hydrogen-bond acceptors (Lipinski definition) is 8. The molecule has 1 saturated heterocycles. The second kappa shape index (κ2) is 43.3.